The lowest BCUT2D eigenvalue weighted by Gasteiger charge is -2.36. The monoisotopic (exact) mass is 515 g/mol. The summed E-state index contributed by atoms with van der Waals surface area (Å²) < 4.78 is 37.0. The molecule has 0 saturated heterocycles. The van der Waals surface area contributed by atoms with Gasteiger partial charge in [-0.1, -0.05) is 32.9 Å². The second-order valence-electron chi connectivity index (χ2n) is 9.52. The van der Waals surface area contributed by atoms with Crippen LogP contribution in [0.25, 0.3) is 0 Å². The van der Waals surface area contributed by atoms with Crippen molar-refractivity contribution in [2.45, 2.75) is 58.6 Å². The number of hydrogen-bond donors (Lipinski definition) is 0. The van der Waals surface area contributed by atoms with Crippen LogP contribution >= 0.6 is 0 Å². The summed E-state index contributed by atoms with van der Waals surface area (Å²) >= 11 is 0. The molecule has 0 aliphatic heterocycles. The van der Waals surface area contributed by atoms with E-state index < -0.39 is 36.5 Å². The first-order chi connectivity index (χ1) is 16.2. The third kappa shape index (κ3) is 8.33. The predicted molar refractivity (Wildman–Crippen MR) is 127 cm³/mol. The van der Waals surface area contributed by atoms with E-state index in [9.17, 15) is 29.0 Å². The SMILES string of the molecule is CC(C)(C)[Si](C)(C)OCCN(CCn1cc([N+](=O)[O-])nc1[N+](=O)[O-])Cc1cccc(OC(F)F)c1. The van der Waals surface area contributed by atoms with Crippen molar-refractivity contribution in [3.8, 4) is 5.75 Å². The van der Waals surface area contributed by atoms with E-state index in [1.165, 1.54) is 12.1 Å². The van der Waals surface area contributed by atoms with Crippen molar-refractivity contribution in [3.05, 3.63) is 56.3 Å². The Labute approximate surface area is 203 Å². The fraction of sp³-hybridized carbons (Fsp3) is 0.571. The molecule has 1 aromatic heterocycles. The van der Waals surface area contributed by atoms with Crippen LogP contribution in [0.15, 0.2) is 30.5 Å². The zero-order chi connectivity index (χ0) is 26.4. The van der Waals surface area contributed by atoms with Crippen LogP contribution in [0.3, 0.4) is 0 Å². The summed E-state index contributed by atoms with van der Waals surface area (Å²) in [7, 11) is -2.02. The molecule has 0 atom stereocenters. The molecule has 1 heterocycles. The first-order valence-electron chi connectivity index (χ1n) is 11.0. The van der Waals surface area contributed by atoms with Gasteiger partial charge in [-0.15, -0.1) is 0 Å². The van der Waals surface area contributed by atoms with Gasteiger partial charge < -0.3 is 29.4 Å². The van der Waals surface area contributed by atoms with E-state index in [2.05, 4.69) is 43.6 Å². The van der Waals surface area contributed by atoms with Crippen molar-refractivity contribution in [2.24, 2.45) is 0 Å². The Kier molecular flexibility index (Phi) is 9.40. The quantitative estimate of drug-likeness (QED) is 0.211. The van der Waals surface area contributed by atoms with Gasteiger partial charge in [0.2, 0.25) is 0 Å². The molecule has 0 fully saturated rings. The highest BCUT2D eigenvalue weighted by Gasteiger charge is 2.37. The largest absolute Gasteiger partial charge is 0.439 e. The van der Waals surface area contributed by atoms with Crippen molar-refractivity contribution in [2.75, 3.05) is 19.7 Å². The molecule has 0 bridgehead atoms. The van der Waals surface area contributed by atoms with Crippen LogP contribution < -0.4 is 4.74 Å². The van der Waals surface area contributed by atoms with Crippen molar-refractivity contribution in [1.82, 2.24) is 14.5 Å². The van der Waals surface area contributed by atoms with Gasteiger partial charge in [-0.2, -0.15) is 8.78 Å². The van der Waals surface area contributed by atoms with E-state index >= 15 is 0 Å². The summed E-state index contributed by atoms with van der Waals surface area (Å²) in [6.07, 6.45) is 1.03. The Morgan fingerprint density at radius 1 is 1.17 bits per heavy atom. The molecule has 0 aliphatic rings. The number of rotatable bonds is 13. The predicted octanol–water partition coefficient (Wildman–Crippen LogP) is 4.82. The van der Waals surface area contributed by atoms with Gasteiger partial charge in [0.05, 0.1) is 6.54 Å². The number of nitro groups is 2. The maximum atomic E-state index is 12.6. The fourth-order valence-corrected chi connectivity index (χ4v) is 4.07. The van der Waals surface area contributed by atoms with Gasteiger partial charge in [0.15, 0.2) is 14.5 Å². The summed E-state index contributed by atoms with van der Waals surface area (Å²) in [6, 6.07) is 6.28. The summed E-state index contributed by atoms with van der Waals surface area (Å²) in [5.41, 5.74) is 0.696. The highest BCUT2D eigenvalue weighted by molar-refractivity contribution is 6.74. The number of hydrogen-bond acceptors (Lipinski definition) is 8. The third-order valence-corrected chi connectivity index (χ3v) is 10.5. The van der Waals surface area contributed by atoms with E-state index in [0.29, 0.717) is 25.3 Å². The molecule has 0 radical (unpaired) electrons. The van der Waals surface area contributed by atoms with Crippen molar-refractivity contribution in [3.63, 3.8) is 0 Å². The van der Waals surface area contributed by atoms with Gasteiger partial charge in [0, 0.05) is 26.2 Å². The molecule has 0 aliphatic carbocycles. The maximum Gasteiger partial charge on any atom is 0.439 e. The first-order valence-corrected chi connectivity index (χ1v) is 13.9. The Balaban J connectivity index is 2.19. The van der Waals surface area contributed by atoms with Crippen LogP contribution in [0.2, 0.25) is 18.1 Å². The average Bonchev–Trinajstić information content (AvgIpc) is 3.16. The second-order valence-corrected chi connectivity index (χ2v) is 14.3. The van der Waals surface area contributed by atoms with Crippen LogP contribution in [0.4, 0.5) is 20.5 Å². The molecule has 0 amide bonds. The fourth-order valence-electron chi connectivity index (χ4n) is 3.03. The smallest absolute Gasteiger partial charge is 0.435 e. The molecular weight excluding hydrogens is 484 g/mol. The van der Waals surface area contributed by atoms with Crippen molar-refractivity contribution >= 4 is 20.1 Å². The number of nitrogens with zero attached hydrogens (tertiary/aromatic N) is 5. The highest BCUT2D eigenvalue weighted by atomic mass is 28.4. The van der Waals surface area contributed by atoms with E-state index in [1.807, 2.05) is 4.90 Å². The maximum absolute atomic E-state index is 12.6. The first kappa shape index (κ1) is 28.3. The van der Waals surface area contributed by atoms with E-state index in [1.54, 1.807) is 12.1 Å². The number of alkyl halides is 2. The minimum Gasteiger partial charge on any atom is -0.435 e. The lowest BCUT2D eigenvalue weighted by atomic mass is 10.2. The van der Waals surface area contributed by atoms with Crippen LogP contribution in [0.5, 0.6) is 5.75 Å². The van der Waals surface area contributed by atoms with Gasteiger partial charge in [-0.05, 0) is 50.7 Å². The summed E-state index contributed by atoms with van der Waals surface area (Å²) in [5.74, 6) is -1.21. The molecule has 14 heteroatoms. The number of ether oxygens (including phenoxy) is 1. The molecule has 2 aromatic rings. The zero-order valence-electron chi connectivity index (χ0n) is 20.4. The lowest BCUT2D eigenvalue weighted by molar-refractivity contribution is -0.403. The minimum atomic E-state index is -2.95. The van der Waals surface area contributed by atoms with Gasteiger partial charge in [0.1, 0.15) is 5.75 Å². The standard InChI is InChI=1S/C21H31F2N5O6Si/c1-21(2,3)35(4,5)33-12-11-25(14-16-7-6-8-17(13-16)34-19(22)23)9-10-26-15-18(27(29)30)24-20(26)28(31)32/h6-8,13,15,19H,9-12,14H2,1-5H3. The molecular formula is C21H31F2N5O6Si. The van der Waals surface area contributed by atoms with E-state index in [0.717, 1.165) is 10.8 Å². The molecule has 0 unspecified atom stereocenters. The Bertz CT molecular complexity index is 1030. The van der Waals surface area contributed by atoms with Crippen LogP contribution in [-0.2, 0) is 17.5 Å². The molecule has 1 aromatic carbocycles. The Morgan fingerprint density at radius 2 is 1.86 bits per heavy atom. The molecule has 194 valence electrons. The summed E-state index contributed by atoms with van der Waals surface area (Å²) in [5, 5.41) is 22.3. The number of imidazole rings is 1. The normalized spacial score (nSPS) is 12.4. The summed E-state index contributed by atoms with van der Waals surface area (Å²) in [6.45, 7) is 9.17. The number of halogens is 2. The molecule has 11 nitrogen and oxygen atoms in total. The zero-order valence-corrected chi connectivity index (χ0v) is 21.4. The molecule has 0 N–H and O–H groups in total. The van der Waals surface area contributed by atoms with Crippen LogP contribution in [-0.4, -0.2) is 58.9 Å². The third-order valence-electron chi connectivity index (χ3n) is 5.96. The van der Waals surface area contributed by atoms with E-state index in [-0.39, 0.29) is 23.9 Å². The van der Waals surface area contributed by atoms with Crippen molar-refractivity contribution in [1.29, 1.82) is 0 Å². The Morgan fingerprint density at radius 3 is 2.43 bits per heavy atom. The Hall–Kier alpha value is -2.97. The average molecular weight is 516 g/mol. The molecule has 2 rings (SSSR count). The minimum absolute atomic E-state index is 0.00906. The van der Waals surface area contributed by atoms with Gasteiger partial charge >= 0.3 is 18.4 Å². The van der Waals surface area contributed by atoms with E-state index in [4.69, 9.17) is 4.43 Å². The van der Waals surface area contributed by atoms with Crippen LogP contribution in [0, 0.1) is 20.2 Å². The number of aromatic nitrogens is 2. The molecule has 0 saturated carbocycles. The topological polar surface area (TPSA) is 126 Å². The molecule has 35 heavy (non-hydrogen) atoms. The lowest BCUT2D eigenvalue weighted by Crippen LogP contribution is -2.43. The second kappa shape index (κ2) is 11.6. The van der Waals surface area contributed by atoms with Crippen molar-refractivity contribution < 1.29 is 27.8 Å². The van der Waals surface area contributed by atoms with Crippen LogP contribution in [0.1, 0.15) is 26.3 Å². The number of benzene rings is 1. The van der Waals surface area contributed by atoms with Gasteiger partial charge in [-0.3, -0.25) is 4.90 Å². The highest BCUT2D eigenvalue weighted by Crippen LogP contribution is 2.36. The summed E-state index contributed by atoms with van der Waals surface area (Å²) in [4.78, 5) is 26.1. The van der Waals surface area contributed by atoms with Gasteiger partial charge in [-0.25, -0.2) is 4.57 Å². The molecule has 0 spiro atoms. The van der Waals surface area contributed by atoms with Gasteiger partial charge in [0.25, 0.3) is 0 Å².